The van der Waals surface area contributed by atoms with Crippen molar-refractivity contribution < 1.29 is 14.7 Å². The number of aliphatic carboxylic acids is 1. The number of rotatable bonds is 8. The molecule has 1 unspecified atom stereocenters. The molecular formula is C12H24N2O3. The fraction of sp³-hybridized carbons (Fsp3) is 0.833. The molecule has 1 amide bonds. The predicted octanol–water partition coefficient (Wildman–Crippen LogP) is 0.977. The first-order valence-electron chi connectivity index (χ1n) is 6.08. The molecule has 100 valence electrons. The van der Waals surface area contributed by atoms with Crippen molar-refractivity contribution in [2.45, 2.75) is 46.1 Å². The van der Waals surface area contributed by atoms with E-state index in [-0.39, 0.29) is 18.2 Å². The average molecular weight is 244 g/mol. The summed E-state index contributed by atoms with van der Waals surface area (Å²) in [5, 5.41) is 11.3. The van der Waals surface area contributed by atoms with E-state index in [0.717, 1.165) is 0 Å². The van der Waals surface area contributed by atoms with Gasteiger partial charge in [-0.05, 0) is 24.7 Å². The lowest BCUT2D eigenvalue weighted by molar-refractivity contribution is -0.137. The van der Waals surface area contributed by atoms with E-state index in [1.165, 1.54) is 0 Å². The van der Waals surface area contributed by atoms with Crippen molar-refractivity contribution in [1.29, 1.82) is 0 Å². The number of carboxylic acids is 1. The molecule has 17 heavy (non-hydrogen) atoms. The summed E-state index contributed by atoms with van der Waals surface area (Å²) in [4.78, 5) is 21.9. The van der Waals surface area contributed by atoms with E-state index in [0.29, 0.717) is 25.3 Å². The van der Waals surface area contributed by atoms with E-state index in [1.54, 1.807) is 0 Å². The second kappa shape index (κ2) is 8.06. The van der Waals surface area contributed by atoms with Gasteiger partial charge >= 0.3 is 5.97 Å². The van der Waals surface area contributed by atoms with E-state index in [4.69, 9.17) is 10.8 Å². The van der Waals surface area contributed by atoms with E-state index >= 15 is 0 Å². The molecule has 0 radical (unpaired) electrons. The molecule has 0 aromatic rings. The molecular weight excluding hydrogens is 220 g/mol. The maximum atomic E-state index is 11.6. The van der Waals surface area contributed by atoms with Crippen molar-refractivity contribution >= 4 is 11.9 Å². The highest BCUT2D eigenvalue weighted by molar-refractivity contribution is 5.81. The maximum Gasteiger partial charge on any atom is 0.303 e. The van der Waals surface area contributed by atoms with Gasteiger partial charge in [0.05, 0.1) is 6.04 Å². The zero-order chi connectivity index (χ0) is 13.4. The Morgan fingerprint density at radius 1 is 1.29 bits per heavy atom. The van der Waals surface area contributed by atoms with Crippen molar-refractivity contribution in [2.24, 2.45) is 17.6 Å². The van der Waals surface area contributed by atoms with Gasteiger partial charge in [-0.2, -0.15) is 0 Å². The smallest absolute Gasteiger partial charge is 0.303 e. The maximum absolute atomic E-state index is 11.6. The molecule has 2 atom stereocenters. The number of nitrogens with two attached hydrogens (primary N) is 1. The topological polar surface area (TPSA) is 92.4 Å². The van der Waals surface area contributed by atoms with E-state index in [9.17, 15) is 9.59 Å². The molecule has 0 bridgehead atoms. The number of amides is 1. The number of carbonyl (C=O) groups excluding carboxylic acids is 1. The molecule has 5 nitrogen and oxygen atoms in total. The Hall–Kier alpha value is -1.10. The van der Waals surface area contributed by atoms with Crippen LogP contribution in [0, 0.1) is 11.8 Å². The van der Waals surface area contributed by atoms with Crippen LogP contribution in [0.25, 0.3) is 0 Å². The van der Waals surface area contributed by atoms with Gasteiger partial charge < -0.3 is 16.2 Å². The molecule has 0 spiro atoms. The Morgan fingerprint density at radius 2 is 1.88 bits per heavy atom. The largest absolute Gasteiger partial charge is 0.481 e. The first-order chi connectivity index (χ1) is 7.82. The van der Waals surface area contributed by atoms with Crippen LogP contribution in [0.15, 0.2) is 0 Å². The molecule has 0 aromatic carbocycles. The molecule has 0 rings (SSSR count). The minimum absolute atomic E-state index is 0.134. The van der Waals surface area contributed by atoms with Gasteiger partial charge in [0.25, 0.3) is 0 Å². The molecule has 0 aliphatic rings. The standard InChI is InChI=1S/C12H24N2O3/c1-8(2)6-10(13)12(17)14-7-9(3)4-5-11(15)16/h8-10H,4-7,13H2,1-3H3,(H,14,17)(H,15,16)/t9?,10-/m0/s1. The van der Waals surface area contributed by atoms with Crippen LogP contribution in [0.3, 0.4) is 0 Å². The monoisotopic (exact) mass is 244 g/mol. The molecule has 0 saturated heterocycles. The third-order valence-electron chi connectivity index (χ3n) is 2.54. The normalized spacial score (nSPS) is 14.4. The molecule has 4 N–H and O–H groups in total. The quantitative estimate of drug-likeness (QED) is 0.593. The summed E-state index contributed by atoms with van der Waals surface area (Å²) in [6.07, 6.45) is 1.36. The molecule has 0 aliphatic heterocycles. The van der Waals surface area contributed by atoms with E-state index in [1.807, 2.05) is 20.8 Å². The lowest BCUT2D eigenvalue weighted by atomic mass is 10.0. The molecule has 0 saturated carbocycles. The average Bonchev–Trinajstić information content (AvgIpc) is 2.21. The number of carboxylic acid groups (broad SMARTS) is 1. The van der Waals surface area contributed by atoms with E-state index < -0.39 is 12.0 Å². The summed E-state index contributed by atoms with van der Waals surface area (Å²) in [6, 6.07) is -0.471. The highest BCUT2D eigenvalue weighted by atomic mass is 16.4. The molecule has 0 fully saturated rings. The lowest BCUT2D eigenvalue weighted by Crippen LogP contribution is -2.42. The summed E-state index contributed by atoms with van der Waals surface area (Å²) in [5.41, 5.74) is 5.72. The Balaban J connectivity index is 3.78. The fourth-order valence-corrected chi connectivity index (χ4v) is 1.49. The predicted molar refractivity (Wildman–Crippen MR) is 66.5 cm³/mol. The number of hydrogen-bond acceptors (Lipinski definition) is 3. The van der Waals surface area contributed by atoms with Crippen LogP contribution in [0.2, 0.25) is 0 Å². The molecule has 0 aromatic heterocycles. The van der Waals surface area contributed by atoms with Crippen LogP contribution in [0.1, 0.15) is 40.0 Å². The van der Waals surface area contributed by atoms with E-state index in [2.05, 4.69) is 5.32 Å². The zero-order valence-corrected chi connectivity index (χ0v) is 10.9. The van der Waals surface area contributed by atoms with Gasteiger partial charge in [-0.25, -0.2) is 0 Å². The molecule has 5 heteroatoms. The van der Waals surface area contributed by atoms with Gasteiger partial charge in [-0.1, -0.05) is 20.8 Å². The highest BCUT2D eigenvalue weighted by Crippen LogP contribution is 2.05. The highest BCUT2D eigenvalue weighted by Gasteiger charge is 2.15. The van der Waals surface area contributed by atoms with Crippen LogP contribution in [-0.2, 0) is 9.59 Å². The first-order valence-corrected chi connectivity index (χ1v) is 6.08. The number of nitrogens with one attached hydrogen (secondary N) is 1. The van der Waals surface area contributed by atoms with Gasteiger partial charge in [-0.15, -0.1) is 0 Å². The van der Waals surface area contributed by atoms with Crippen LogP contribution < -0.4 is 11.1 Å². The van der Waals surface area contributed by atoms with Crippen LogP contribution in [0.4, 0.5) is 0 Å². The van der Waals surface area contributed by atoms with Gasteiger partial charge in [0.1, 0.15) is 0 Å². The lowest BCUT2D eigenvalue weighted by Gasteiger charge is -2.16. The van der Waals surface area contributed by atoms with Gasteiger partial charge in [0.15, 0.2) is 0 Å². The third-order valence-corrected chi connectivity index (χ3v) is 2.54. The zero-order valence-electron chi connectivity index (χ0n) is 10.9. The van der Waals surface area contributed by atoms with Crippen molar-refractivity contribution in [3.05, 3.63) is 0 Å². The van der Waals surface area contributed by atoms with Crippen molar-refractivity contribution in [2.75, 3.05) is 6.54 Å². The summed E-state index contributed by atoms with van der Waals surface area (Å²) in [7, 11) is 0. The Morgan fingerprint density at radius 3 is 2.35 bits per heavy atom. The number of carbonyl (C=O) groups is 2. The van der Waals surface area contributed by atoms with Crippen LogP contribution in [0.5, 0.6) is 0 Å². The first kappa shape index (κ1) is 15.9. The van der Waals surface area contributed by atoms with Gasteiger partial charge in [-0.3, -0.25) is 9.59 Å². The SMILES string of the molecule is CC(C)C[C@H](N)C(=O)NCC(C)CCC(=O)O. The molecule has 0 aliphatic carbocycles. The molecule has 0 heterocycles. The van der Waals surface area contributed by atoms with Gasteiger partial charge in [0, 0.05) is 13.0 Å². The second-order valence-corrected chi connectivity index (χ2v) is 5.02. The second-order valence-electron chi connectivity index (χ2n) is 5.02. The van der Waals surface area contributed by atoms with Crippen molar-refractivity contribution in [3.8, 4) is 0 Å². The van der Waals surface area contributed by atoms with Crippen LogP contribution >= 0.6 is 0 Å². The summed E-state index contributed by atoms with van der Waals surface area (Å²) in [5.74, 6) is -0.415. The minimum atomic E-state index is -0.806. The Labute approximate surface area is 103 Å². The van der Waals surface area contributed by atoms with Crippen LogP contribution in [-0.4, -0.2) is 29.6 Å². The van der Waals surface area contributed by atoms with Crippen molar-refractivity contribution in [1.82, 2.24) is 5.32 Å². The third kappa shape index (κ3) is 8.68. The summed E-state index contributed by atoms with van der Waals surface area (Å²) < 4.78 is 0. The minimum Gasteiger partial charge on any atom is -0.481 e. The summed E-state index contributed by atoms with van der Waals surface area (Å²) in [6.45, 7) is 6.43. The summed E-state index contributed by atoms with van der Waals surface area (Å²) >= 11 is 0. The van der Waals surface area contributed by atoms with Gasteiger partial charge in [0.2, 0.25) is 5.91 Å². The Bertz CT molecular complexity index is 254. The van der Waals surface area contributed by atoms with Crippen molar-refractivity contribution in [3.63, 3.8) is 0 Å². The number of hydrogen-bond donors (Lipinski definition) is 3. The fourth-order valence-electron chi connectivity index (χ4n) is 1.49. The Kier molecular flexibility index (Phi) is 7.54.